The zero-order chi connectivity index (χ0) is 14.8. The third-order valence-corrected chi connectivity index (χ3v) is 3.91. The van der Waals surface area contributed by atoms with E-state index in [4.69, 9.17) is 4.74 Å². The van der Waals surface area contributed by atoms with Crippen molar-refractivity contribution in [1.29, 1.82) is 0 Å². The first-order chi connectivity index (χ1) is 9.69. The molecule has 0 spiro atoms. The van der Waals surface area contributed by atoms with Gasteiger partial charge in [-0.15, -0.1) is 0 Å². The Morgan fingerprint density at radius 3 is 2.25 bits per heavy atom. The van der Waals surface area contributed by atoms with Crippen LogP contribution in [0.5, 0.6) is 0 Å². The molecule has 1 amide bonds. The summed E-state index contributed by atoms with van der Waals surface area (Å²) in [5.74, 6) is -0.000816. The van der Waals surface area contributed by atoms with E-state index in [-0.39, 0.29) is 11.9 Å². The number of hydrogen-bond acceptors (Lipinski definition) is 3. The van der Waals surface area contributed by atoms with Crippen LogP contribution in [-0.2, 0) is 14.3 Å². The third kappa shape index (κ3) is 5.93. The van der Waals surface area contributed by atoms with Crippen LogP contribution < -0.4 is 0 Å². The van der Waals surface area contributed by atoms with Crippen molar-refractivity contribution in [3.8, 4) is 0 Å². The van der Waals surface area contributed by atoms with Crippen molar-refractivity contribution in [2.45, 2.75) is 77.7 Å². The molecular weight excluding hydrogens is 254 g/mol. The second-order valence-electron chi connectivity index (χ2n) is 5.54. The van der Waals surface area contributed by atoms with E-state index in [1.54, 1.807) is 0 Å². The molecule has 0 saturated heterocycles. The summed E-state index contributed by atoms with van der Waals surface area (Å²) in [5, 5.41) is 0. The van der Waals surface area contributed by atoms with Crippen LogP contribution in [0.3, 0.4) is 0 Å². The van der Waals surface area contributed by atoms with Crippen molar-refractivity contribution in [3.05, 3.63) is 0 Å². The van der Waals surface area contributed by atoms with Crippen LogP contribution in [0.15, 0.2) is 0 Å². The maximum absolute atomic E-state index is 12.3. The normalized spacial score (nSPS) is 16.5. The van der Waals surface area contributed by atoms with E-state index in [0.29, 0.717) is 32.0 Å². The van der Waals surface area contributed by atoms with E-state index in [1.165, 1.54) is 25.7 Å². The fourth-order valence-corrected chi connectivity index (χ4v) is 2.88. The minimum absolute atomic E-state index is 0.198. The van der Waals surface area contributed by atoms with Gasteiger partial charge in [-0.3, -0.25) is 9.59 Å². The Morgan fingerprint density at radius 2 is 1.70 bits per heavy atom. The zero-order valence-electron chi connectivity index (χ0n) is 13.0. The first-order valence-corrected chi connectivity index (χ1v) is 8.14. The lowest BCUT2D eigenvalue weighted by atomic mass is 10.1. The molecule has 1 saturated carbocycles. The van der Waals surface area contributed by atoms with Crippen LogP contribution in [0.1, 0.15) is 71.6 Å². The van der Waals surface area contributed by atoms with Gasteiger partial charge in [-0.2, -0.15) is 0 Å². The van der Waals surface area contributed by atoms with Gasteiger partial charge in [-0.25, -0.2) is 0 Å². The Labute approximate surface area is 122 Å². The molecule has 1 rings (SSSR count). The number of esters is 1. The predicted molar refractivity (Wildman–Crippen MR) is 79.4 cm³/mol. The molecule has 0 aromatic rings. The highest BCUT2D eigenvalue weighted by molar-refractivity contribution is 5.77. The maximum atomic E-state index is 12.3. The van der Waals surface area contributed by atoms with E-state index in [0.717, 1.165) is 19.3 Å². The smallest absolute Gasteiger partial charge is 0.307 e. The Kier molecular flexibility index (Phi) is 8.31. The van der Waals surface area contributed by atoms with Crippen LogP contribution in [0.4, 0.5) is 0 Å². The highest BCUT2D eigenvalue weighted by Gasteiger charge is 2.24. The van der Waals surface area contributed by atoms with Gasteiger partial charge in [0.25, 0.3) is 0 Å². The number of nitrogens with zero attached hydrogens (tertiary/aromatic N) is 1. The van der Waals surface area contributed by atoms with Gasteiger partial charge in [0.15, 0.2) is 0 Å². The van der Waals surface area contributed by atoms with Gasteiger partial charge in [-0.05, 0) is 26.2 Å². The molecule has 0 radical (unpaired) electrons. The lowest BCUT2D eigenvalue weighted by Crippen LogP contribution is -2.41. The number of ether oxygens (including phenoxy) is 1. The molecule has 0 aromatic carbocycles. The number of rotatable bonds is 7. The lowest BCUT2D eigenvalue weighted by molar-refractivity contribution is -0.144. The first kappa shape index (κ1) is 17.0. The second-order valence-corrected chi connectivity index (χ2v) is 5.54. The molecule has 0 heterocycles. The fraction of sp³-hybridized carbons (Fsp3) is 0.875. The van der Waals surface area contributed by atoms with Crippen LogP contribution in [0.25, 0.3) is 0 Å². The Balaban J connectivity index is 2.58. The van der Waals surface area contributed by atoms with Crippen molar-refractivity contribution in [2.24, 2.45) is 0 Å². The SMILES string of the molecule is CCCC(=O)N(CCC(=O)OCC)C1CCCCCC1. The molecule has 1 aliphatic rings. The number of carbonyl (C=O) groups excluding carboxylic acids is 2. The van der Waals surface area contributed by atoms with Crippen LogP contribution in [0.2, 0.25) is 0 Å². The molecule has 0 bridgehead atoms. The first-order valence-electron chi connectivity index (χ1n) is 8.14. The van der Waals surface area contributed by atoms with Gasteiger partial charge in [0, 0.05) is 19.0 Å². The van der Waals surface area contributed by atoms with E-state index in [1.807, 2.05) is 18.7 Å². The Bertz CT molecular complexity index is 296. The molecule has 0 atom stereocenters. The number of carbonyl (C=O) groups is 2. The molecule has 4 nitrogen and oxygen atoms in total. The summed E-state index contributed by atoms with van der Waals surface area (Å²) >= 11 is 0. The topological polar surface area (TPSA) is 46.6 Å². The third-order valence-electron chi connectivity index (χ3n) is 3.91. The van der Waals surface area contributed by atoms with Crippen LogP contribution in [0, 0.1) is 0 Å². The lowest BCUT2D eigenvalue weighted by Gasteiger charge is -2.31. The van der Waals surface area contributed by atoms with Gasteiger partial charge in [0.05, 0.1) is 13.0 Å². The second kappa shape index (κ2) is 9.78. The van der Waals surface area contributed by atoms with E-state index >= 15 is 0 Å². The monoisotopic (exact) mass is 283 g/mol. The van der Waals surface area contributed by atoms with Gasteiger partial charge in [0.2, 0.25) is 5.91 Å². The summed E-state index contributed by atoms with van der Waals surface area (Å²) in [6.45, 7) is 4.76. The highest BCUT2D eigenvalue weighted by atomic mass is 16.5. The standard InChI is InChI=1S/C16H29NO3/c1-3-9-15(18)17(13-12-16(19)20-4-2)14-10-7-5-6-8-11-14/h14H,3-13H2,1-2H3. The summed E-state index contributed by atoms with van der Waals surface area (Å²) in [5.41, 5.74) is 0. The van der Waals surface area contributed by atoms with Crippen molar-refractivity contribution < 1.29 is 14.3 Å². The zero-order valence-corrected chi connectivity index (χ0v) is 13.0. The summed E-state index contributed by atoms with van der Waals surface area (Å²) in [6, 6.07) is 0.325. The fourth-order valence-electron chi connectivity index (χ4n) is 2.88. The van der Waals surface area contributed by atoms with Crippen LogP contribution >= 0.6 is 0 Å². The highest BCUT2D eigenvalue weighted by Crippen LogP contribution is 2.23. The van der Waals surface area contributed by atoms with E-state index < -0.39 is 0 Å². The molecule has 0 N–H and O–H groups in total. The van der Waals surface area contributed by atoms with Gasteiger partial charge >= 0.3 is 5.97 Å². The molecule has 0 aromatic heterocycles. The largest absolute Gasteiger partial charge is 0.466 e. The molecule has 20 heavy (non-hydrogen) atoms. The Morgan fingerprint density at radius 1 is 1.05 bits per heavy atom. The summed E-state index contributed by atoms with van der Waals surface area (Å²) < 4.78 is 4.97. The molecule has 4 heteroatoms. The van der Waals surface area contributed by atoms with Crippen molar-refractivity contribution in [3.63, 3.8) is 0 Å². The number of amides is 1. The molecule has 116 valence electrons. The maximum Gasteiger partial charge on any atom is 0.307 e. The molecule has 1 aliphatic carbocycles. The van der Waals surface area contributed by atoms with E-state index in [2.05, 4.69) is 0 Å². The van der Waals surface area contributed by atoms with Gasteiger partial charge in [-0.1, -0.05) is 32.6 Å². The molecular formula is C16H29NO3. The summed E-state index contributed by atoms with van der Waals surface area (Å²) in [6.07, 6.45) is 8.85. The van der Waals surface area contributed by atoms with Gasteiger partial charge in [0.1, 0.15) is 0 Å². The Hall–Kier alpha value is -1.06. The van der Waals surface area contributed by atoms with Crippen molar-refractivity contribution in [1.82, 2.24) is 4.90 Å². The quantitative estimate of drug-likeness (QED) is 0.532. The van der Waals surface area contributed by atoms with Gasteiger partial charge < -0.3 is 9.64 Å². The molecule has 1 fully saturated rings. The van der Waals surface area contributed by atoms with E-state index in [9.17, 15) is 9.59 Å². The number of hydrogen-bond donors (Lipinski definition) is 0. The predicted octanol–water partition coefficient (Wildman–Crippen LogP) is 3.29. The van der Waals surface area contributed by atoms with Crippen LogP contribution in [-0.4, -0.2) is 36.0 Å². The van der Waals surface area contributed by atoms with Crippen molar-refractivity contribution in [2.75, 3.05) is 13.2 Å². The average Bonchev–Trinajstić information content (AvgIpc) is 2.69. The molecule has 0 aliphatic heterocycles. The minimum Gasteiger partial charge on any atom is -0.466 e. The molecule has 0 unspecified atom stereocenters. The minimum atomic E-state index is -0.199. The van der Waals surface area contributed by atoms with Crippen molar-refractivity contribution >= 4 is 11.9 Å². The average molecular weight is 283 g/mol. The summed E-state index contributed by atoms with van der Waals surface area (Å²) in [4.78, 5) is 25.8. The summed E-state index contributed by atoms with van der Waals surface area (Å²) in [7, 11) is 0.